The lowest BCUT2D eigenvalue weighted by Gasteiger charge is -2.15. The summed E-state index contributed by atoms with van der Waals surface area (Å²) in [6.45, 7) is 3.07. The van der Waals surface area contributed by atoms with Crippen molar-refractivity contribution >= 4 is 35.6 Å². The molecule has 0 amide bonds. The van der Waals surface area contributed by atoms with Crippen LogP contribution in [0.2, 0.25) is 0 Å². The fourth-order valence-corrected chi connectivity index (χ4v) is 2.23. The van der Waals surface area contributed by atoms with Crippen LogP contribution in [-0.2, 0) is 5.92 Å². The average Bonchev–Trinajstić information content (AvgIpc) is 2.52. The van der Waals surface area contributed by atoms with E-state index in [0.717, 1.165) is 11.1 Å². The van der Waals surface area contributed by atoms with Crippen molar-refractivity contribution in [2.75, 3.05) is 19.0 Å². The number of nitrogens with one attached hydrogen (secondary N) is 1. The third-order valence-electron chi connectivity index (χ3n) is 3.25. The molecule has 0 unspecified atom stereocenters. The first-order valence-corrected chi connectivity index (χ1v) is 7.35. The Bertz CT molecular complexity index is 733. The van der Waals surface area contributed by atoms with Crippen molar-refractivity contribution in [2.45, 2.75) is 19.8 Å². The van der Waals surface area contributed by atoms with Gasteiger partial charge in [-0.15, -0.1) is 24.0 Å². The van der Waals surface area contributed by atoms with Crippen molar-refractivity contribution in [3.05, 3.63) is 53.2 Å². The summed E-state index contributed by atoms with van der Waals surface area (Å²) in [6, 6.07) is 9.90. The molecule has 0 aliphatic rings. The maximum absolute atomic E-state index is 14.2. The minimum absolute atomic E-state index is 0. The van der Waals surface area contributed by atoms with Crippen LogP contribution < -0.4 is 15.8 Å². The minimum atomic E-state index is -3.25. The smallest absolute Gasteiger partial charge is 0.309 e. The second-order valence-electron chi connectivity index (χ2n) is 5.47. The molecule has 0 atom stereocenters. The van der Waals surface area contributed by atoms with E-state index in [-0.39, 0.29) is 35.8 Å². The zero-order valence-electron chi connectivity index (χ0n) is 14.2. The molecule has 2 aromatic rings. The molecule has 0 radical (unpaired) electrons. The highest BCUT2D eigenvalue weighted by Gasteiger charge is 2.33. The summed E-state index contributed by atoms with van der Waals surface area (Å²) in [5, 5.41) is 2.82. The number of benzene rings is 1. The summed E-state index contributed by atoms with van der Waals surface area (Å²) in [4.78, 5) is 7.48. The van der Waals surface area contributed by atoms with Crippen LogP contribution in [0.25, 0.3) is 0 Å². The van der Waals surface area contributed by atoms with E-state index in [9.17, 15) is 8.78 Å². The van der Waals surface area contributed by atoms with Gasteiger partial charge in [0.1, 0.15) is 12.2 Å². The summed E-state index contributed by atoms with van der Waals surface area (Å²) in [6.07, 6.45) is 0. The summed E-state index contributed by atoms with van der Waals surface area (Å²) in [5.41, 5.74) is 8.08. The predicted molar refractivity (Wildman–Crippen MR) is 106 cm³/mol. The maximum atomic E-state index is 14.2. The highest BCUT2D eigenvalue weighted by Crippen LogP contribution is 2.28. The first kappa shape index (κ1) is 21.1. The van der Waals surface area contributed by atoms with E-state index in [1.54, 1.807) is 0 Å². The van der Waals surface area contributed by atoms with Crippen LogP contribution in [0.4, 0.5) is 14.5 Å². The SMILES string of the molecule is COc1cccc(C(F)(F)CN=C(N)Nc2cc(C)cc(C)c2)n1.I. The molecule has 0 aliphatic carbocycles. The molecular weight excluding hydrogens is 441 g/mol. The molecule has 0 saturated heterocycles. The van der Waals surface area contributed by atoms with Crippen molar-refractivity contribution < 1.29 is 13.5 Å². The first-order chi connectivity index (χ1) is 11.3. The van der Waals surface area contributed by atoms with Gasteiger partial charge in [-0.05, 0) is 43.2 Å². The van der Waals surface area contributed by atoms with Crippen molar-refractivity contribution in [3.8, 4) is 5.88 Å². The summed E-state index contributed by atoms with van der Waals surface area (Å²) < 4.78 is 33.2. The van der Waals surface area contributed by atoms with E-state index >= 15 is 0 Å². The van der Waals surface area contributed by atoms with Gasteiger partial charge in [-0.2, -0.15) is 8.78 Å². The Morgan fingerprint density at radius 1 is 1.24 bits per heavy atom. The fraction of sp³-hybridized carbons (Fsp3) is 0.294. The maximum Gasteiger partial charge on any atom is 0.309 e. The topological polar surface area (TPSA) is 72.5 Å². The van der Waals surface area contributed by atoms with Gasteiger partial charge in [-0.3, -0.25) is 0 Å². The molecule has 0 aliphatic heterocycles. The summed E-state index contributed by atoms with van der Waals surface area (Å²) in [5.74, 6) is -3.20. The molecule has 1 aromatic heterocycles. The van der Waals surface area contributed by atoms with E-state index in [1.165, 1.54) is 25.3 Å². The number of aliphatic imine (C=N–C) groups is 1. The Balaban J connectivity index is 0.00000312. The molecule has 136 valence electrons. The molecule has 0 fully saturated rings. The quantitative estimate of drug-likeness (QED) is 0.403. The van der Waals surface area contributed by atoms with Crippen molar-refractivity contribution in [1.29, 1.82) is 0 Å². The molecular formula is C17H21F2IN4O. The number of alkyl halides is 2. The number of pyridine rings is 1. The number of rotatable bonds is 5. The van der Waals surface area contributed by atoms with Crippen LogP contribution in [0, 0.1) is 13.8 Å². The predicted octanol–water partition coefficient (Wildman–Crippen LogP) is 3.84. The van der Waals surface area contributed by atoms with Gasteiger partial charge < -0.3 is 15.8 Å². The molecule has 25 heavy (non-hydrogen) atoms. The van der Waals surface area contributed by atoms with Crippen LogP contribution in [0.5, 0.6) is 5.88 Å². The lowest BCUT2D eigenvalue weighted by molar-refractivity contribution is 0.00147. The van der Waals surface area contributed by atoms with Crippen LogP contribution >= 0.6 is 24.0 Å². The Labute approximate surface area is 162 Å². The van der Waals surface area contributed by atoms with Crippen LogP contribution in [0.15, 0.2) is 41.4 Å². The van der Waals surface area contributed by atoms with Gasteiger partial charge in [-0.25, -0.2) is 9.98 Å². The number of halogens is 3. The molecule has 3 N–H and O–H groups in total. The Hall–Kier alpha value is -1.97. The number of aromatic nitrogens is 1. The molecule has 0 bridgehead atoms. The monoisotopic (exact) mass is 462 g/mol. The Kier molecular flexibility index (Phi) is 7.53. The summed E-state index contributed by atoms with van der Waals surface area (Å²) in [7, 11) is 1.37. The second-order valence-corrected chi connectivity index (χ2v) is 5.47. The normalized spacial score (nSPS) is 11.6. The van der Waals surface area contributed by atoms with Crippen LogP contribution in [0.1, 0.15) is 16.8 Å². The lowest BCUT2D eigenvalue weighted by Crippen LogP contribution is -2.27. The number of nitrogens with zero attached hydrogens (tertiary/aromatic N) is 2. The number of anilines is 1. The zero-order valence-corrected chi connectivity index (χ0v) is 16.5. The largest absolute Gasteiger partial charge is 0.481 e. The van der Waals surface area contributed by atoms with E-state index in [1.807, 2.05) is 32.0 Å². The third kappa shape index (κ3) is 6.11. The number of hydrogen-bond donors (Lipinski definition) is 2. The number of methoxy groups -OCH3 is 1. The number of guanidine groups is 1. The molecule has 1 aromatic carbocycles. The molecule has 5 nitrogen and oxygen atoms in total. The van der Waals surface area contributed by atoms with Crippen molar-refractivity contribution in [2.24, 2.45) is 10.7 Å². The van der Waals surface area contributed by atoms with Crippen molar-refractivity contribution in [3.63, 3.8) is 0 Å². The summed E-state index contributed by atoms with van der Waals surface area (Å²) >= 11 is 0. The van der Waals surface area contributed by atoms with Gasteiger partial charge in [0.2, 0.25) is 5.88 Å². The van der Waals surface area contributed by atoms with E-state index in [4.69, 9.17) is 10.5 Å². The number of aryl methyl sites for hydroxylation is 2. The Morgan fingerprint density at radius 2 is 1.88 bits per heavy atom. The van der Waals surface area contributed by atoms with Gasteiger partial charge >= 0.3 is 5.92 Å². The molecule has 1 heterocycles. The van der Waals surface area contributed by atoms with Gasteiger partial charge in [-0.1, -0.05) is 12.1 Å². The number of ether oxygens (including phenoxy) is 1. The minimum Gasteiger partial charge on any atom is -0.481 e. The van der Waals surface area contributed by atoms with Gasteiger partial charge in [0.25, 0.3) is 0 Å². The van der Waals surface area contributed by atoms with E-state index < -0.39 is 18.2 Å². The fourth-order valence-electron chi connectivity index (χ4n) is 2.23. The number of hydrogen-bond acceptors (Lipinski definition) is 3. The highest BCUT2D eigenvalue weighted by molar-refractivity contribution is 14.0. The molecule has 0 spiro atoms. The zero-order chi connectivity index (χ0) is 17.7. The van der Waals surface area contributed by atoms with Crippen LogP contribution in [-0.4, -0.2) is 24.6 Å². The molecule has 0 saturated carbocycles. The highest BCUT2D eigenvalue weighted by atomic mass is 127. The molecule has 2 rings (SSSR count). The van der Waals surface area contributed by atoms with Crippen molar-refractivity contribution in [1.82, 2.24) is 4.98 Å². The van der Waals surface area contributed by atoms with Gasteiger partial charge in [0.15, 0.2) is 5.96 Å². The van der Waals surface area contributed by atoms with Gasteiger partial charge in [0.05, 0.1) is 7.11 Å². The second kappa shape index (κ2) is 8.93. The first-order valence-electron chi connectivity index (χ1n) is 7.35. The standard InChI is InChI=1S/C17H20F2N4O.HI/c1-11-7-12(2)9-13(8-11)22-16(20)21-10-17(18,19)14-5-4-6-15(23-14)24-3;/h4-9H,10H2,1-3H3,(H3,20,21,22);1H. The third-order valence-corrected chi connectivity index (χ3v) is 3.25. The lowest BCUT2D eigenvalue weighted by atomic mass is 10.1. The van der Waals surface area contributed by atoms with E-state index in [0.29, 0.717) is 5.69 Å². The number of nitrogens with two attached hydrogens (primary N) is 1. The van der Waals surface area contributed by atoms with Crippen LogP contribution in [0.3, 0.4) is 0 Å². The average molecular weight is 462 g/mol. The van der Waals surface area contributed by atoms with E-state index in [2.05, 4.69) is 15.3 Å². The Morgan fingerprint density at radius 3 is 2.48 bits per heavy atom. The molecule has 8 heteroatoms. The van der Waals surface area contributed by atoms with Gasteiger partial charge in [0, 0.05) is 11.8 Å².